The van der Waals surface area contributed by atoms with Gasteiger partial charge in [-0.3, -0.25) is 4.79 Å². The molecule has 0 spiro atoms. The molecule has 1 amide bonds. The number of carbonyl (C=O) groups excluding carboxylic acids is 1. The fourth-order valence-corrected chi connectivity index (χ4v) is 4.30. The second kappa shape index (κ2) is 11.0. The largest absolute Gasteiger partial charge is 0.457 e. The van der Waals surface area contributed by atoms with Gasteiger partial charge in [-0.25, -0.2) is 0 Å². The number of halogens is 2. The molecule has 0 atom stereocenters. The van der Waals surface area contributed by atoms with Crippen LogP contribution in [0.3, 0.4) is 0 Å². The molecular formula is C29H24Cl2N4O2. The summed E-state index contributed by atoms with van der Waals surface area (Å²) in [5.74, 6) is 0.783. The monoisotopic (exact) mass is 530 g/mol. The Bertz CT molecular complexity index is 1590. The Morgan fingerprint density at radius 1 is 1.00 bits per heavy atom. The van der Waals surface area contributed by atoms with Gasteiger partial charge in [-0.2, -0.15) is 4.80 Å². The maximum atomic E-state index is 12.5. The lowest BCUT2D eigenvalue weighted by Gasteiger charge is -2.02. The topological polar surface area (TPSA) is 73.0 Å². The number of rotatable bonds is 8. The Balaban J connectivity index is 1.25. The number of aryl methyl sites for hydroxylation is 1. The lowest BCUT2D eigenvalue weighted by Crippen LogP contribution is -2.07. The van der Waals surface area contributed by atoms with Gasteiger partial charge in [0.25, 0.3) is 0 Å². The van der Waals surface area contributed by atoms with Gasteiger partial charge in [0.1, 0.15) is 22.6 Å². The van der Waals surface area contributed by atoms with Crippen molar-refractivity contribution in [2.45, 2.75) is 26.2 Å². The van der Waals surface area contributed by atoms with Crippen LogP contribution in [0.5, 0.6) is 0 Å². The zero-order valence-corrected chi connectivity index (χ0v) is 21.6. The zero-order chi connectivity index (χ0) is 25.8. The average molecular weight is 531 g/mol. The molecule has 0 saturated carbocycles. The minimum atomic E-state index is -0.298. The predicted octanol–water partition coefficient (Wildman–Crippen LogP) is 7.98. The van der Waals surface area contributed by atoms with Crippen molar-refractivity contribution >= 4 is 51.9 Å². The third kappa shape index (κ3) is 5.77. The summed E-state index contributed by atoms with van der Waals surface area (Å²) in [5.41, 5.74) is 4.93. The number of hydrogen-bond donors (Lipinski definition) is 1. The molecule has 0 radical (unpaired) electrons. The quantitative estimate of drug-likeness (QED) is 0.206. The number of nitrogens with zero attached hydrogens (tertiary/aromatic N) is 3. The molecule has 2 aromatic heterocycles. The summed E-state index contributed by atoms with van der Waals surface area (Å²) in [6.07, 6.45) is 6.42. The van der Waals surface area contributed by atoms with Crippen molar-refractivity contribution in [3.63, 3.8) is 0 Å². The minimum absolute atomic E-state index is 0.298. The van der Waals surface area contributed by atoms with Gasteiger partial charge in [0, 0.05) is 17.3 Å². The number of aromatic nitrogens is 3. The summed E-state index contributed by atoms with van der Waals surface area (Å²) in [4.78, 5) is 14.1. The number of anilines is 1. The smallest absolute Gasteiger partial charge is 0.248 e. The lowest BCUT2D eigenvalue weighted by molar-refractivity contribution is -0.111. The Labute approximate surface area is 224 Å². The van der Waals surface area contributed by atoms with E-state index in [1.54, 1.807) is 47.3 Å². The van der Waals surface area contributed by atoms with Crippen LogP contribution in [0.15, 0.2) is 83.3 Å². The van der Waals surface area contributed by atoms with Crippen molar-refractivity contribution < 1.29 is 9.21 Å². The molecule has 0 aliphatic heterocycles. The van der Waals surface area contributed by atoms with E-state index in [1.165, 1.54) is 24.5 Å². The highest BCUT2D eigenvalue weighted by Crippen LogP contribution is 2.34. The maximum absolute atomic E-state index is 12.5. The van der Waals surface area contributed by atoms with E-state index in [0.717, 1.165) is 17.6 Å². The Morgan fingerprint density at radius 3 is 2.62 bits per heavy atom. The Hall–Kier alpha value is -3.87. The van der Waals surface area contributed by atoms with Crippen molar-refractivity contribution in [3.05, 3.63) is 100 Å². The number of benzene rings is 3. The second-order valence-electron chi connectivity index (χ2n) is 8.59. The summed E-state index contributed by atoms with van der Waals surface area (Å²) in [7, 11) is 0. The first-order valence-electron chi connectivity index (χ1n) is 12.0. The van der Waals surface area contributed by atoms with Gasteiger partial charge in [0.15, 0.2) is 0 Å². The number of nitrogens with one attached hydrogen (secondary N) is 1. The van der Waals surface area contributed by atoms with Gasteiger partial charge in [0.05, 0.1) is 15.7 Å². The molecule has 0 bridgehead atoms. The number of furan rings is 1. The summed E-state index contributed by atoms with van der Waals surface area (Å²) in [6.45, 7) is 2.19. The molecule has 0 saturated heterocycles. The van der Waals surface area contributed by atoms with Crippen LogP contribution >= 0.6 is 23.2 Å². The van der Waals surface area contributed by atoms with E-state index in [-0.39, 0.29) is 5.91 Å². The fraction of sp³-hybridized carbons (Fsp3) is 0.138. The normalized spacial score (nSPS) is 11.4. The highest BCUT2D eigenvalue weighted by atomic mass is 35.5. The molecule has 5 aromatic rings. The lowest BCUT2D eigenvalue weighted by atomic mass is 10.1. The molecule has 0 aliphatic carbocycles. The van der Waals surface area contributed by atoms with Crippen LogP contribution in [0.25, 0.3) is 34.1 Å². The summed E-state index contributed by atoms with van der Waals surface area (Å²) in [5, 5.41) is 12.9. The summed E-state index contributed by atoms with van der Waals surface area (Å²) < 4.78 is 5.80. The molecule has 0 unspecified atom stereocenters. The second-order valence-corrected chi connectivity index (χ2v) is 9.37. The van der Waals surface area contributed by atoms with Crippen LogP contribution < -0.4 is 5.32 Å². The van der Waals surface area contributed by atoms with Gasteiger partial charge in [-0.15, -0.1) is 10.2 Å². The molecule has 5 rings (SSSR count). The molecule has 1 N–H and O–H groups in total. The third-order valence-corrected chi connectivity index (χ3v) is 6.70. The van der Waals surface area contributed by atoms with E-state index in [1.807, 2.05) is 24.3 Å². The molecule has 6 nitrogen and oxygen atoms in total. The highest BCUT2D eigenvalue weighted by Gasteiger charge is 2.11. The van der Waals surface area contributed by atoms with Crippen molar-refractivity contribution in [1.82, 2.24) is 15.0 Å². The van der Waals surface area contributed by atoms with Crippen LogP contribution in [-0.2, 0) is 11.2 Å². The van der Waals surface area contributed by atoms with Crippen molar-refractivity contribution in [1.29, 1.82) is 0 Å². The van der Waals surface area contributed by atoms with E-state index >= 15 is 0 Å². The van der Waals surface area contributed by atoms with E-state index in [4.69, 9.17) is 27.6 Å². The number of unbranched alkanes of at least 4 members (excludes halogenated alkanes) is 1. The summed E-state index contributed by atoms with van der Waals surface area (Å²) >= 11 is 12.4. The molecule has 0 aliphatic rings. The van der Waals surface area contributed by atoms with E-state index < -0.39 is 0 Å². The van der Waals surface area contributed by atoms with Crippen molar-refractivity contribution in [2.75, 3.05) is 5.32 Å². The van der Waals surface area contributed by atoms with Crippen LogP contribution in [0.2, 0.25) is 10.0 Å². The van der Waals surface area contributed by atoms with Gasteiger partial charge in [-0.1, -0.05) is 54.7 Å². The average Bonchev–Trinajstić information content (AvgIpc) is 3.55. The molecule has 37 heavy (non-hydrogen) atoms. The third-order valence-electron chi connectivity index (χ3n) is 5.88. The maximum Gasteiger partial charge on any atom is 0.248 e. The van der Waals surface area contributed by atoms with E-state index in [9.17, 15) is 4.79 Å². The van der Waals surface area contributed by atoms with Crippen LogP contribution in [0, 0.1) is 0 Å². The van der Waals surface area contributed by atoms with Crippen LogP contribution in [-0.4, -0.2) is 20.9 Å². The van der Waals surface area contributed by atoms with Crippen LogP contribution in [0.4, 0.5) is 5.69 Å². The van der Waals surface area contributed by atoms with Gasteiger partial charge in [-0.05, 0) is 79.1 Å². The number of amides is 1. The molecular weight excluding hydrogens is 507 g/mol. The number of fused-ring (bicyclic) bond motifs is 1. The minimum Gasteiger partial charge on any atom is -0.457 e. The van der Waals surface area contributed by atoms with E-state index in [0.29, 0.717) is 38.3 Å². The highest BCUT2D eigenvalue weighted by molar-refractivity contribution is 6.43. The molecule has 2 heterocycles. The zero-order valence-electron chi connectivity index (χ0n) is 20.1. The van der Waals surface area contributed by atoms with Crippen molar-refractivity contribution in [3.8, 4) is 17.0 Å². The predicted molar refractivity (Wildman–Crippen MR) is 149 cm³/mol. The molecule has 0 fully saturated rings. The Morgan fingerprint density at radius 2 is 1.81 bits per heavy atom. The van der Waals surface area contributed by atoms with Crippen molar-refractivity contribution in [2.24, 2.45) is 0 Å². The molecule has 3 aromatic carbocycles. The molecule has 8 heteroatoms. The number of hydrogen-bond acceptors (Lipinski definition) is 4. The van der Waals surface area contributed by atoms with E-state index in [2.05, 4.69) is 34.6 Å². The first kappa shape index (κ1) is 24.8. The van der Waals surface area contributed by atoms with Gasteiger partial charge in [0.2, 0.25) is 5.91 Å². The van der Waals surface area contributed by atoms with Gasteiger partial charge < -0.3 is 9.73 Å². The standard InChI is InChI=1S/C29H24Cl2N4O2/c1-2-3-5-19-8-11-21(12-9-19)35-33-25-15-10-20(18-26(25)34-35)32-28(36)17-14-22-13-16-27(37-22)23-6-4-7-24(30)29(23)31/h4,6-18H,2-3,5H2,1H3,(H,32,36). The fourth-order valence-electron chi connectivity index (χ4n) is 3.91. The SMILES string of the molecule is CCCCc1ccc(-n2nc3ccc(NC(=O)C=Cc4ccc(-c5cccc(Cl)c5Cl)o4)cc3n2)cc1. The first-order chi connectivity index (χ1) is 18.0. The molecule has 186 valence electrons. The summed E-state index contributed by atoms with van der Waals surface area (Å²) in [6, 6.07) is 22.6. The number of carbonyl (C=O) groups is 1. The van der Waals surface area contributed by atoms with Crippen LogP contribution in [0.1, 0.15) is 31.1 Å². The van der Waals surface area contributed by atoms with Gasteiger partial charge >= 0.3 is 0 Å². The Kier molecular flexibility index (Phi) is 7.40. The first-order valence-corrected chi connectivity index (χ1v) is 12.8.